The third-order valence-electron chi connectivity index (χ3n) is 3.90. The number of hydrogen-bond acceptors (Lipinski definition) is 2. The van der Waals surface area contributed by atoms with Crippen molar-refractivity contribution in [1.82, 2.24) is 4.31 Å². The van der Waals surface area contributed by atoms with Crippen LogP contribution in [0.15, 0.2) is 0 Å². The Balaban J connectivity index is 1.89. The van der Waals surface area contributed by atoms with Crippen LogP contribution in [0.25, 0.3) is 0 Å². The van der Waals surface area contributed by atoms with Gasteiger partial charge in [-0.25, -0.2) is 8.42 Å². The van der Waals surface area contributed by atoms with Crippen molar-refractivity contribution in [2.45, 2.75) is 36.9 Å². The summed E-state index contributed by atoms with van der Waals surface area (Å²) in [6.45, 7) is 0. The zero-order chi connectivity index (χ0) is 11.0. The van der Waals surface area contributed by atoms with E-state index in [-0.39, 0.29) is 23.9 Å². The topological polar surface area (TPSA) is 37.1 Å². The summed E-state index contributed by atoms with van der Waals surface area (Å²) >= 11 is 0. The predicted molar refractivity (Wildman–Crippen MR) is 45.2 cm³/mol. The molecule has 3 rings (SSSR count). The molecule has 1 aliphatic heterocycles. The number of halogens is 3. The Labute approximate surface area is 85.3 Å². The van der Waals surface area contributed by atoms with Crippen molar-refractivity contribution in [3.05, 3.63) is 0 Å². The fraction of sp³-hybridized carbons (Fsp3) is 1.00. The van der Waals surface area contributed by atoms with Gasteiger partial charge in [-0.15, -0.1) is 0 Å². The van der Waals surface area contributed by atoms with Gasteiger partial charge < -0.3 is 0 Å². The van der Waals surface area contributed by atoms with Crippen LogP contribution in [0.2, 0.25) is 0 Å². The number of alkyl halides is 3. The lowest BCUT2D eigenvalue weighted by atomic mass is 10.0. The van der Waals surface area contributed by atoms with Crippen molar-refractivity contribution in [3.63, 3.8) is 0 Å². The van der Waals surface area contributed by atoms with Gasteiger partial charge in [-0.1, -0.05) is 0 Å². The number of fused-ring (bicyclic) bond motifs is 5. The molecular weight excluding hydrogens is 231 g/mol. The summed E-state index contributed by atoms with van der Waals surface area (Å²) in [6, 6.07) is -0.675. The quantitative estimate of drug-likeness (QED) is 0.649. The van der Waals surface area contributed by atoms with E-state index in [1.54, 1.807) is 0 Å². The molecule has 86 valence electrons. The first kappa shape index (κ1) is 9.89. The van der Waals surface area contributed by atoms with E-state index in [1.165, 1.54) is 0 Å². The average molecular weight is 241 g/mol. The molecule has 5 atom stereocenters. The lowest BCUT2D eigenvalue weighted by Gasteiger charge is -2.14. The minimum absolute atomic E-state index is 0.178. The Bertz CT molecular complexity index is 389. The summed E-state index contributed by atoms with van der Waals surface area (Å²) < 4.78 is 59.8. The first-order valence-corrected chi connectivity index (χ1v) is 6.38. The number of sulfonamides is 1. The van der Waals surface area contributed by atoms with E-state index in [4.69, 9.17) is 0 Å². The fourth-order valence-electron chi connectivity index (χ4n) is 3.33. The van der Waals surface area contributed by atoms with Gasteiger partial charge in [0.05, 0.1) is 0 Å². The molecule has 1 heterocycles. The summed E-state index contributed by atoms with van der Waals surface area (Å²) in [5.74, 6) is 0.356. The molecule has 0 aromatic carbocycles. The smallest absolute Gasteiger partial charge is 0.203 e. The third-order valence-corrected chi connectivity index (χ3v) is 5.52. The highest BCUT2D eigenvalue weighted by Gasteiger charge is 2.72. The van der Waals surface area contributed by atoms with E-state index < -0.39 is 15.5 Å². The molecule has 0 amide bonds. The van der Waals surface area contributed by atoms with Crippen LogP contribution in [0.4, 0.5) is 13.2 Å². The first-order valence-electron chi connectivity index (χ1n) is 4.94. The monoisotopic (exact) mass is 241 g/mol. The molecule has 0 N–H and O–H groups in total. The van der Waals surface area contributed by atoms with E-state index in [0.29, 0.717) is 4.31 Å². The van der Waals surface area contributed by atoms with Gasteiger partial charge in [0, 0.05) is 12.1 Å². The molecule has 3 nitrogen and oxygen atoms in total. The zero-order valence-electron chi connectivity index (χ0n) is 7.74. The summed E-state index contributed by atoms with van der Waals surface area (Å²) in [5, 5.41) is 0. The Hall–Kier alpha value is -0.300. The van der Waals surface area contributed by atoms with E-state index in [9.17, 15) is 21.6 Å². The molecule has 2 bridgehead atoms. The maximum atomic E-state index is 12.3. The molecule has 7 heteroatoms. The van der Waals surface area contributed by atoms with Crippen molar-refractivity contribution in [2.75, 3.05) is 0 Å². The average Bonchev–Trinajstić information content (AvgIpc) is 2.57. The first-order chi connectivity index (χ1) is 6.84. The van der Waals surface area contributed by atoms with Crippen molar-refractivity contribution in [2.24, 2.45) is 11.8 Å². The summed E-state index contributed by atoms with van der Waals surface area (Å²) in [4.78, 5) is 0. The standard InChI is InChI=1S/C8H10F3NO2S/c9-8(10,11)15(13,14)12-6-4-1-2-5(3-4)7(6)12/h4-7H,1-3H2/t4?,5?,6-,7+,12?. The molecule has 15 heavy (non-hydrogen) atoms. The largest absolute Gasteiger partial charge is 0.511 e. The molecule has 3 fully saturated rings. The van der Waals surface area contributed by atoms with Gasteiger partial charge in [-0.05, 0) is 31.1 Å². The van der Waals surface area contributed by atoms with Crippen LogP contribution in [0.3, 0.4) is 0 Å². The number of nitrogens with zero attached hydrogens (tertiary/aromatic N) is 1. The van der Waals surface area contributed by atoms with Gasteiger partial charge in [-0.3, -0.25) is 0 Å². The second kappa shape index (κ2) is 2.51. The normalized spacial score (nSPS) is 48.1. The molecule has 0 spiro atoms. The molecule has 1 saturated heterocycles. The second-order valence-corrected chi connectivity index (χ2v) is 6.43. The van der Waals surface area contributed by atoms with Crippen LogP contribution >= 0.6 is 0 Å². The summed E-state index contributed by atoms with van der Waals surface area (Å²) in [5.41, 5.74) is -5.13. The SMILES string of the molecule is O=S(=O)(N1[C@@H]2C3CCC(C3)[C@@H]21)C(F)(F)F. The van der Waals surface area contributed by atoms with E-state index in [0.717, 1.165) is 19.3 Å². The van der Waals surface area contributed by atoms with Crippen molar-refractivity contribution >= 4 is 10.0 Å². The molecule has 3 aliphatic rings. The third kappa shape index (κ3) is 1.08. The molecule has 0 aromatic rings. The van der Waals surface area contributed by atoms with E-state index >= 15 is 0 Å². The van der Waals surface area contributed by atoms with Crippen molar-refractivity contribution < 1.29 is 21.6 Å². The Morgan fingerprint density at radius 3 is 1.93 bits per heavy atom. The van der Waals surface area contributed by atoms with Gasteiger partial charge in [0.25, 0.3) is 0 Å². The molecular formula is C8H10F3NO2S. The molecule has 2 aliphatic carbocycles. The molecule has 3 unspecified atom stereocenters. The minimum atomic E-state index is -5.13. The molecule has 0 aromatic heterocycles. The van der Waals surface area contributed by atoms with Crippen LogP contribution in [0.5, 0.6) is 0 Å². The van der Waals surface area contributed by atoms with Gasteiger partial charge in [-0.2, -0.15) is 17.5 Å². The zero-order valence-corrected chi connectivity index (χ0v) is 8.55. The Morgan fingerprint density at radius 2 is 1.53 bits per heavy atom. The minimum Gasteiger partial charge on any atom is -0.203 e. The highest BCUT2D eigenvalue weighted by atomic mass is 32.2. The number of piperidine rings is 1. The Kier molecular flexibility index (Phi) is 1.65. The molecule has 0 radical (unpaired) electrons. The highest BCUT2D eigenvalue weighted by Crippen LogP contribution is 2.60. The lowest BCUT2D eigenvalue weighted by Crippen LogP contribution is -2.33. The lowest BCUT2D eigenvalue weighted by molar-refractivity contribution is -0.0472. The van der Waals surface area contributed by atoms with Crippen molar-refractivity contribution in [1.29, 1.82) is 0 Å². The van der Waals surface area contributed by atoms with Crippen molar-refractivity contribution in [3.8, 4) is 0 Å². The van der Waals surface area contributed by atoms with Crippen LogP contribution < -0.4 is 0 Å². The highest BCUT2D eigenvalue weighted by molar-refractivity contribution is 7.90. The van der Waals surface area contributed by atoms with Gasteiger partial charge in [0.1, 0.15) is 0 Å². The summed E-state index contributed by atoms with van der Waals surface area (Å²) in [6.07, 6.45) is 2.69. The Morgan fingerprint density at radius 1 is 1.07 bits per heavy atom. The molecule has 2 saturated carbocycles. The van der Waals surface area contributed by atoms with Crippen LogP contribution in [-0.4, -0.2) is 30.3 Å². The second-order valence-electron chi connectivity index (χ2n) is 4.60. The van der Waals surface area contributed by atoms with E-state index in [2.05, 4.69) is 0 Å². The fourth-order valence-corrected chi connectivity index (χ4v) is 4.75. The van der Waals surface area contributed by atoms with Crippen LogP contribution in [0, 0.1) is 11.8 Å². The van der Waals surface area contributed by atoms with Crippen LogP contribution in [0.1, 0.15) is 19.3 Å². The predicted octanol–water partition coefficient (Wildman–Crippen LogP) is 1.32. The maximum Gasteiger partial charge on any atom is 0.511 e. The van der Waals surface area contributed by atoms with E-state index in [1.807, 2.05) is 0 Å². The summed E-state index contributed by atoms with van der Waals surface area (Å²) in [7, 11) is -5.05. The maximum absolute atomic E-state index is 12.3. The van der Waals surface area contributed by atoms with Gasteiger partial charge >= 0.3 is 15.5 Å². The van der Waals surface area contributed by atoms with Gasteiger partial charge in [0.15, 0.2) is 0 Å². The van der Waals surface area contributed by atoms with Crippen LogP contribution in [-0.2, 0) is 10.0 Å². The van der Waals surface area contributed by atoms with Gasteiger partial charge in [0.2, 0.25) is 0 Å². The number of rotatable bonds is 1. The number of hydrogen-bond donors (Lipinski definition) is 0.